The van der Waals surface area contributed by atoms with Crippen molar-refractivity contribution >= 4 is 34.4 Å². The fourth-order valence-corrected chi connectivity index (χ4v) is 3.52. The molecule has 2 N–H and O–H groups in total. The highest BCUT2D eigenvalue weighted by atomic mass is 32.2. The van der Waals surface area contributed by atoms with E-state index < -0.39 is 0 Å². The Labute approximate surface area is 165 Å². The highest BCUT2D eigenvalue weighted by Gasteiger charge is 2.20. The van der Waals surface area contributed by atoms with Crippen LogP contribution in [0.4, 0.5) is 5.82 Å². The maximum Gasteiger partial charge on any atom is 0.233 e. The molecule has 148 valence electrons. The van der Waals surface area contributed by atoms with Crippen LogP contribution in [-0.2, 0) is 9.53 Å². The van der Waals surface area contributed by atoms with E-state index in [9.17, 15) is 4.79 Å². The van der Waals surface area contributed by atoms with Crippen molar-refractivity contribution in [2.24, 2.45) is 0 Å². The number of rotatable bonds is 12. The molecule has 0 aliphatic heterocycles. The zero-order valence-electron chi connectivity index (χ0n) is 16.5. The number of benzene rings is 1. The van der Waals surface area contributed by atoms with Gasteiger partial charge in [0.2, 0.25) is 5.91 Å². The summed E-state index contributed by atoms with van der Waals surface area (Å²) < 4.78 is 5.02. The number of methoxy groups -OCH3 is 1. The van der Waals surface area contributed by atoms with E-state index in [0.29, 0.717) is 18.3 Å². The van der Waals surface area contributed by atoms with Gasteiger partial charge in [0.05, 0.1) is 10.8 Å². The summed E-state index contributed by atoms with van der Waals surface area (Å²) in [5.41, 5.74) is 0.893. The second kappa shape index (κ2) is 11.8. The van der Waals surface area contributed by atoms with Gasteiger partial charge in [-0.05, 0) is 31.4 Å². The Hall–Kier alpha value is -1.86. The molecule has 0 spiro atoms. The molecule has 0 unspecified atom stereocenters. The Bertz CT molecular complexity index is 726. The number of unbranched alkanes of at least 4 members (excludes halogenated alkanes) is 1. The number of aromatic nitrogens is 2. The van der Waals surface area contributed by atoms with Crippen LogP contribution in [0.5, 0.6) is 0 Å². The van der Waals surface area contributed by atoms with Crippen molar-refractivity contribution < 1.29 is 9.53 Å². The van der Waals surface area contributed by atoms with Gasteiger partial charge in [-0.3, -0.25) is 4.79 Å². The SMILES string of the molecule is CCCCNc1nc(S[C@H](CC)C(=O)NCCCOC)nc2ccccc12. The molecular formula is C20H30N4O2S. The van der Waals surface area contributed by atoms with Crippen LogP contribution in [0, 0.1) is 0 Å². The van der Waals surface area contributed by atoms with Crippen molar-refractivity contribution in [3.05, 3.63) is 24.3 Å². The molecule has 0 bridgehead atoms. The summed E-state index contributed by atoms with van der Waals surface area (Å²) in [6.07, 6.45) is 3.73. The summed E-state index contributed by atoms with van der Waals surface area (Å²) in [6.45, 7) is 6.31. The molecule has 7 heteroatoms. The Balaban J connectivity index is 2.12. The molecule has 1 atom stereocenters. The van der Waals surface area contributed by atoms with E-state index in [1.54, 1.807) is 7.11 Å². The van der Waals surface area contributed by atoms with E-state index >= 15 is 0 Å². The largest absolute Gasteiger partial charge is 0.385 e. The van der Waals surface area contributed by atoms with Crippen LogP contribution in [0.3, 0.4) is 0 Å². The lowest BCUT2D eigenvalue weighted by atomic mass is 10.2. The molecule has 0 aliphatic rings. The third-order valence-electron chi connectivity index (χ3n) is 4.14. The number of hydrogen-bond donors (Lipinski definition) is 2. The van der Waals surface area contributed by atoms with Gasteiger partial charge in [-0.2, -0.15) is 0 Å². The van der Waals surface area contributed by atoms with E-state index in [2.05, 4.69) is 22.5 Å². The maximum absolute atomic E-state index is 12.5. The molecule has 6 nitrogen and oxygen atoms in total. The highest BCUT2D eigenvalue weighted by Crippen LogP contribution is 2.28. The van der Waals surface area contributed by atoms with E-state index in [1.807, 2.05) is 31.2 Å². The average Bonchev–Trinajstić information content (AvgIpc) is 2.69. The fourth-order valence-electron chi connectivity index (χ4n) is 2.62. The lowest BCUT2D eigenvalue weighted by Crippen LogP contribution is -2.33. The molecule has 0 aliphatic carbocycles. The van der Waals surface area contributed by atoms with E-state index in [1.165, 1.54) is 11.8 Å². The Morgan fingerprint density at radius 3 is 2.74 bits per heavy atom. The molecule has 2 aromatic rings. The summed E-state index contributed by atoms with van der Waals surface area (Å²) in [5, 5.41) is 7.82. The zero-order valence-corrected chi connectivity index (χ0v) is 17.3. The van der Waals surface area contributed by atoms with Crippen LogP contribution < -0.4 is 10.6 Å². The normalized spacial score (nSPS) is 12.1. The lowest BCUT2D eigenvalue weighted by Gasteiger charge is -2.15. The topological polar surface area (TPSA) is 76.1 Å². The number of carbonyl (C=O) groups excluding carboxylic acids is 1. The molecule has 2 rings (SSSR count). The Kier molecular flexibility index (Phi) is 9.35. The van der Waals surface area contributed by atoms with E-state index in [0.717, 1.165) is 48.9 Å². The predicted molar refractivity (Wildman–Crippen MR) is 112 cm³/mol. The van der Waals surface area contributed by atoms with Gasteiger partial charge in [-0.1, -0.05) is 44.2 Å². The summed E-state index contributed by atoms with van der Waals surface area (Å²) >= 11 is 1.42. The zero-order chi connectivity index (χ0) is 19.5. The molecule has 1 heterocycles. The number of nitrogens with one attached hydrogen (secondary N) is 2. The third kappa shape index (κ3) is 6.66. The highest BCUT2D eigenvalue weighted by molar-refractivity contribution is 8.00. The minimum absolute atomic E-state index is 0.0239. The van der Waals surface area contributed by atoms with Crippen LogP contribution in [0.15, 0.2) is 29.4 Å². The molecule has 0 radical (unpaired) electrons. The Morgan fingerprint density at radius 2 is 2.00 bits per heavy atom. The number of nitrogens with zero attached hydrogens (tertiary/aromatic N) is 2. The number of hydrogen-bond acceptors (Lipinski definition) is 6. The summed E-state index contributed by atoms with van der Waals surface area (Å²) in [5.74, 6) is 0.864. The molecule has 1 aromatic heterocycles. The first kappa shape index (κ1) is 21.4. The van der Waals surface area contributed by atoms with Gasteiger partial charge in [0, 0.05) is 32.2 Å². The van der Waals surface area contributed by atoms with E-state index in [-0.39, 0.29) is 11.2 Å². The van der Waals surface area contributed by atoms with Crippen molar-refractivity contribution in [1.82, 2.24) is 15.3 Å². The number of anilines is 1. The van der Waals surface area contributed by atoms with Crippen molar-refractivity contribution in [2.75, 3.05) is 32.1 Å². The van der Waals surface area contributed by atoms with E-state index in [4.69, 9.17) is 9.72 Å². The van der Waals surface area contributed by atoms with Crippen LogP contribution in [0.2, 0.25) is 0 Å². The number of fused-ring (bicyclic) bond motifs is 1. The minimum Gasteiger partial charge on any atom is -0.385 e. The molecular weight excluding hydrogens is 360 g/mol. The first-order chi connectivity index (χ1) is 13.2. The number of carbonyl (C=O) groups is 1. The van der Waals surface area contributed by atoms with Crippen LogP contribution in [-0.4, -0.2) is 47.9 Å². The van der Waals surface area contributed by atoms with Gasteiger partial charge in [-0.25, -0.2) is 9.97 Å². The smallest absolute Gasteiger partial charge is 0.233 e. The second-order valence-corrected chi connectivity index (χ2v) is 7.47. The number of thioether (sulfide) groups is 1. The lowest BCUT2D eigenvalue weighted by molar-refractivity contribution is -0.120. The number of ether oxygens (including phenoxy) is 1. The first-order valence-electron chi connectivity index (χ1n) is 9.63. The van der Waals surface area contributed by atoms with Gasteiger partial charge in [0.25, 0.3) is 0 Å². The number of para-hydroxylation sites is 1. The molecule has 0 fully saturated rings. The van der Waals surface area contributed by atoms with Crippen molar-refractivity contribution in [3.63, 3.8) is 0 Å². The van der Waals surface area contributed by atoms with Crippen LogP contribution in [0.25, 0.3) is 10.9 Å². The quantitative estimate of drug-likeness (QED) is 0.326. The predicted octanol–water partition coefficient (Wildman–Crippen LogP) is 3.87. The van der Waals surface area contributed by atoms with Crippen LogP contribution >= 0.6 is 11.8 Å². The maximum atomic E-state index is 12.5. The van der Waals surface area contributed by atoms with Crippen molar-refractivity contribution in [3.8, 4) is 0 Å². The monoisotopic (exact) mass is 390 g/mol. The van der Waals surface area contributed by atoms with Gasteiger partial charge < -0.3 is 15.4 Å². The standard InChI is InChI=1S/C20H30N4O2S/c1-4-6-12-21-18-15-10-7-8-11-16(15)23-20(24-18)27-17(5-2)19(25)22-13-9-14-26-3/h7-8,10-11,17H,4-6,9,12-14H2,1-3H3,(H,22,25)(H,21,23,24)/t17-/m1/s1. The molecule has 1 aromatic carbocycles. The first-order valence-corrected chi connectivity index (χ1v) is 10.5. The third-order valence-corrected chi connectivity index (χ3v) is 5.37. The van der Waals surface area contributed by atoms with Gasteiger partial charge >= 0.3 is 0 Å². The average molecular weight is 391 g/mol. The second-order valence-electron chi connectivity index (χ2n) is 6.30. The van der Waals surface area contributed by atoms with Crippen molar-refractivity contribution in [1.29, 1.82) is 0 Å². The van der Waals surface area contributed by atoms with Crippen LogP contribution in [0.1, 0.15) is 39.5 Å². The van der Waals surface area contributed by atoms with Gasteiger partial charge in [-0.15, -0.1) is 0 Å². The summed E-state index contributed by atoms with van der Waals surface area (Å²) in [7, 11) is 1.66. The van der Waals surface area contributed by atoms with Crippen molar-refractivity contribution in [2.45, 2.75) is 49.9 Å². The van der Waals surface area contributed by atoms with Gasteiger partial charge in [0.1, 0.15) is 5.82 Å². The Morgan fingerprint density at radius 1 is 1.19 bits per heavy atom. The molecule has 0 saturated heterocycles. The fraction of sp³-hybridized carbons (Fsp3) is 0.550. The minimum atomic E-state index is -0.211. The summed E-state index contributed by atoms with van der Waals surface area (Å²) in [4.78, 5) is 21.8. The number of amides is 1. The van der Waals surface area contributed by atoms with Gasteiger partial charge in [0.15, 0.2) is 5.16 Å². The molecule has 27 heavy (non-hydrogen) atoms. The summed E-state index contributed by atoms with van der Waals surface area (Å²) in [6, 6.07) is 7.97. The molecule has 1 amide bonds. The molecule has 0 saturated carbocycles.